The highest BCUT2D eigenvalue weighted by Gasteiger charge is 2.20. The quantitative estimate of drug-likeness (QED) is 0.643. The van der Waals surface area contributed by atoms with Crippen LogP contribution in [-0.2, 0) is 19.6 Å². The standard InChI is InChI=1S/C19H31N3O4S/c1-16-8-12-21(13-9-16)17-4-6-18(7-5-17)22(27(3,24)25)14-10-19(23)20-11-15-26-2/h4-7,16H,8-15H2,1-3H3,(H,20,23). The van der Waals surface area contributed by atoms with Crippen molar-refractivity contribution in [1.29, 1.82) is 0 Å². The zero-order chi connectivity index (χ0) is 19.9. The first-order valence-corrected chi connectivity index (χ1v) is 11.2. The second-order valence-electron chi connectivity index (χ2n) is 7.11. The Morgan fingerprint density at radius 2 is 1.89 bits per heavy atom. The highest BCUT2D eigenvalue weighted by Crippen LogP contribution is 2.26. The van der Waals surface area contributed by atoms with E-state index in [-0.39, 0.29) is 18.9 Å². The van der Waals surface area contributed by atoms with Crippen LogP contribution in [0.5, 0.6) is 0 Å². The maximum Gasteiger partial charge on any atom is 0.232 e. The predicted octanol–water partition coefficient (Wildman–Crippen LogP) is 1.84. The van der Waals surface area contributed by atoms with Crippen molar-refractivity contribution in [2.45, 2.75) is 26.2 Å². The molecule has 7 nitrogen and oxygen atoms in total. The molecule has 0 unspecified atom stereocenters. The van der Waals surface area contributed by atoms with Crippen molar-refractivity contribution >= 4 is 27.3 Å². The maximum atomic E-state index is 12.2. The Morgan fingerprint density at radius 3 is 2.44 bits per heavy atom. The fourth-order valence-electron chi connectivity index (χ4n) is 3.17. The first kappa shape index (κ1) is 21.5. The van der Waals surface area contributed by atoms with Crippen molar-refractivity contribution < 1.29 is 17.9 Å². The van der Waals surface area contributed by atoms with Crippen LogP contribution in [0.15, 0.2) is 24.3 Å². The van der Waals surface area contributed by atoms with Crippen molar-refractivity contribution in [1.82, 2.24) is 5.32 Å². The van der Waals surface area contributed by atoms with Gasteiger partial charge in [-0.3, -0.25) is 9.10 Å². The predicted molar refractivity (Wildman–Crippen MR) is 109 cm³/mol. The number of amides is 1. The van der Waals surface area contributed by atoms with Gasteiger partial charge in [0.15, 0.2) is 0 Å². The molecular formula is C19H31N3O4S. The van der Waals surface area contributed by atoms with Crippen LogP contribution in [0.1, 0.15) is 26.2 Å². The van der Waals surface area contributed by atoms with Crippen LogP contribution >= 0.6 is 0 Å². The molecule has 1 heterocycles. The van der Waals surface area contributed by atoms with Crippen molar-refractivity contribution in [3.8, 4) is 0 Å². The number of carbonyl (C=O) groups is 1. The SMILES string of the molecule is COCCNC(=O)CCN(c1ccc(N2CCC(C)CC2)cc1)S(C)(=O)=O. The minimum absolute atomic E-state index is 0.0998. The molecule has 27 heavy (non-hydrogen) atoms. The molecule has 1 fully saturated rings. The summed E-state index contributed by atoms with van der Waals surface area (Å²) in [5, 5.41) is 2.71. The molecule has 0 bridgehead atoms. The number of nitrogens with one attached hydrogen (secondary N) is 1. The van der Waals surface area contributed by atoms with Gasteiger partial charge in [-0.05, 0) is 43.0 Å². The summed E-state index contributed by atoms with van der Waals surface area (Å²) in [4.78, 5) is 14.2. The Hall–Kier alpha value is -1.80. The van der Waals surface area contributed by atoms with Crippen molar-refractivity contribution in [3.63, 3.8) is 0 Å². The molecule has 8 heteroatoms. The molecular weight excluding hydrogens is 366 g/mol. The normalized spacial score (nSPS) is 15.6. The van der Waals surface area contributed by atoms with E-state index < -0.39 is 10.0 Å². The molecule has 0 spiro atoms. The largest absolute Gasteiger partial charge is 0.383 e. The van der Waals surface area contributed by atoms with E-state index >= 15 is 0 Å². The highest BCUT2D eigenvalue weighted by molar-refractivity contribution is 7.92. The molecule has 0 radical (unpaired) electrons. The lowest BCUT2D eigenvalue weighted by Gasteiger charge is -2.32. The third-order valence-electron chi connectivity index (χ3n) is 4.86. The molecule has 0 saturated carbocycles. The molecule has 1 aromatic rings. The minimum atomic E-state index is -3.47. The second-order valence-corrected chi connectivity index (χ2v) is 9.02. The molecule has 0 aliphatic carbocycles. The van der Waals surface area contributed by atoms with Gasteiger partial charge in [0.05, 0.1) is 18.6 Å². The van der Waals surface area contributed by atoms with Gasteiger partial charge in [0.25, 0.3) is 0 Å². The number of sulfonamides is 1. The van der Waals surface area contributed by atoms with Gasteiger partial charge in [0.1, 0.15) is 0 Å². The maximum absolute atomic E-state index is 12.2. The monoisotopic (exact) mass is 397 g/mol. The van der Waals surface area contributed by atoms with E-state index in [0.717, 1.165) is 31.0 Å². The van der Waals surface area contributed by atoms with Crippen LogP contribution in [0.25, 0.3) is 0 Å². The van der Waals surface area contributed by atoms with Crippen molar-refractivity contribution in [3.05, 3.63) is 24.3 Å². The van der Waals surface area contributed by atoms with Gasteiger partial charge in [-0.2, -0.15) is 0 Å². The molecule has 152 valence electrons. The van der Waals surface area contributed by atoms with E-state index in [1.54, 1.807) is 7.11 Å². The average Bonchev–Trinajstić information content (AvgIpc) is 2.62. The Labute approximate surface area is 162 Å². The smallest absolute Gasteiger partial charge is 0.232 e. The lowest BCUT2D eigenvalue weighted by molar-refractivity contribution is -0.121. The fourth-order valence-corrected chi connectivity index (χ4v) is 4.09. The van der Waals surface area contributed by atoms with E-state index in [0.29, 0.717) is 18.8 Å². The second kappa shape index (κ2) is 9.94. The Morgan fingerprint density at radius 1 is 1.26 bits per heavy atom. The summed E-state index contributed by atoms with van der Waals surface area (Å²) >= 11 is 0. The number of benzene rings is 1. The molecule has 1 N–H and O–H groups in total. The van der Waals surface area contributed by atoms with Crippen LogP contribution in [-0.4, -0.2) is 60.5 Å². The zero-order valence-electron chi connectivity index (χ0n) is 16.5. The van der Waals surface area contributed by atoms with Crippen LogP contribution in [0, 0.1) is 5.92 Å². The topological polar surface area (TPSA) is 79.0 Å². The number of rotatable bonds is 9. The highest BCUT2D eigenvalue weighted by atomic mass is 32.2. The van der Waals surface area contributed by atoms with Gasteiger partial charge >= 0.3 is 0 Å². The van der Waals surface area contributed by atoms with Crippen LogP contribution < -0.4 is 14.5 Å². The summed E-state index contributed by atoms with van der Waals surface area (Å²) in [5.74, 6) is 0.566. The Balaban J connectivity index is 2.01. The van der Waals surface area contributed by atoms with Gasteiger partial charge in [0.2, 0.25) is 15.9 Å². The average molecular weight is 398 g/mol. The minimum Gasteiger partial charge on any atom is -0.383 e. The van der Waals surface area contributed by atoms with Crippen LogP contribution in [0.4, 0.5) is 11.4 Å². The zero-order valence-corrected chi connectivity index (χ0v) is 17.3. The molecule has 1 aromatic carbocycles. The molecule has 0 atom stereocenters. The number of anilines is 2. The third-order valence-corrected chi connectivity index (χ3v) is 6.05. The van der Waals surface area contributed by atoms with E-state index in [2.05, 4.69) is 17.1 Å². The molecule has 1 aliphatic rings. The molecule has 0 aromatic heterocycles. The molecule has 1 saturated heterocycles. The van der Waals surface area contributed by atoms with E-state index in [4.69, 9.17) is 4.74 Å². The van der Waals surface area contributed by atoms with Gasteiger partial charge < -0.3 is 15.0 Å². The summed E-state index contributed by atoms with van der Waals surface area (Å²) in [6, 6.07) is 7.55. The number of piperidine rings is 1. The van der Waals surface area contributed by atoms with Gasteiger partial charge in [0, 0.05) is 45.4 Å². The van der Waals surface area contributed by atoms with E-state index in [1.165, 1.54) is 17.1 Å². The lowest BCUT2D eigenvalue weighted by atomic mass is 9.99. The Kier molecular flexibility index (Phi) is 7.91. The molecule has 1 amide bonds. The van der Waals surface area contributed by atoms with Gasteiger partial charge in [-0.1, -0.05) is 6.92 Å². The number of hydrogen-bond acceptors (Lipinski definition) is 5. The van der Waals surface area contributed by atoms with Crippen molar-refractivity contribution in [2.75, 3.05) is 55.4 Å². The summed E-state index contributed by atoms with van der Waals surface area (Å²) in [6.07, 6.45) is 3.61. The summed E-state index contributed by atoms with van der Waals surface area (Å²) in [6.45, 7) is 5.28. The van der Waals surface area contributed by atoms with E-state index in [1.807, 2.05) is 24.3 Å². The number of ether oxygens (including phenoxy) is 1. The van der Waals surface area contributed by atoms with Gasteiger partial charge in [-0.25, -0.2) is 8.42 Å². The fraction of sp³-hybridized carbons (Fsp3) is 0.632. The first-order chi connectivity index (χ1) is 12.8. The molecule has 1 aliphatic heterocycles. The van der Waals surface area contributed by atoms with E-state index in [9.17, 15) is 13.2 Å². The number of nitrogens with zero attached hydrogens (tertiary/aromatic N) is 2. The molecule has 2 rings (SSSR count). The van der Waals surface area contributed by atoms with Gasteiger partial charge in [-0.15, -0.1) is 0 Å². The lowest BCUT2D eigenvalue weighted by Crippen LogP contribution is -2.35. The summed E-state index contributed by atoms with van der Waals surface area (Å²) in [5.41, 5.74) is 1.69. The number of hydrogen-bond donors (Lipinski definition) is 1. The first-order valence-electron chi connectivity index (χ1n) is 9.39. The summed E-state index contributed by atoms with van der Waals surface area (Å²) < 4.78 is 30.5. The summed E-state index contributed by atoms with van der Waals surface area (Å²) in [7, 11) is -1.91. The third kappa shape index (κ3) is 6.70. The van der Waals surface area contributed by atoms with Crippen LogP contribution in [0.2, 0.25) is 0 Å². The Bertz CT molecular complexity index is 698. The number of carbonyl (C=O) groups excluding carboxylic acids is 1. The van der Waals surface area contributed by atoms with Crippen molar-refractivity contribution in [2.24, 2.45) is 5.92 Å². The number of methoxy groups -OCH3 is 1. The van der Waals surface area contributed by atoms with Crippen LogP contribution in [0.3, 0.4) is 0 Å².